The Morgan fingerprint density at radius 2 is 1.87 bits per heavy atom. The van der Waals surface area contributed by atoms with Crippen LogP contribution in [-0.2, 0) is 6.54 Å². The number of carbonyl (C=O) groups excluding carboxylic acids is 1. The lowest BCUT2D eigenvalue weighted by Crippen LogP contribution is -2.21. The van der Waals surface area contributed by atoms with Crippen LogP contribution < -0.4 is 5.32 Å². The lowest BCUT2D eigenvalue weighted by Gasteiger charge is -2.06. The first-order chi connectivity index (χ1) is 11.2. The van der Waals surface area contributed by atoms with Crippen molar-refractivity contribution in [1.29, 1.82) is 5.41 Å². The van der Waals surface area contributed by atoms with E-state index in [0.717, 1.165) is 32.5 Å². The maximum absolute atomic E-state index is 12.3. The second-order valence-electron chi connectivity index (χ2n) is 5.36. The molecule has 0 atom stereocenters. The van der Waals surface area contributed by atoms with Crippen molar-refractivity contribution in [1.82, 2.24) is 5.32 Å². The van der Waals surface area contributed by atoms with Crippen molar-refractivity contribution in [2.24, 2.45) is 0 Å². The van der Waals surface area contributed by atoms with Crippen LogP contribution in [0, 0.1) is 5.41 Å². The third-order valence-electron chi connectivity index (χ3n) is 3.76. The van der Waals surface area contributed by atoms with Gasteiger partial charge in [0.1, 0.15) is 0 Å². The summed E-state index contributed by atoms with van der Waals surface area (Å²) in [5.74, 6) is -0.0448. The molecular weight excluding hydrogens is 304 g/mol. The molecule has 2 aromatic carbocycles. The number of nitrogens with one attached hydrogen (secondary N) is 2. The van der Waals surface area contributed by atoms with E-state index >= 15 is 0 Å². The summed E-state index contributed by atoms with van der Waals surface area (Å²) in [6.45, 7) is 2.47. The summed E-state index contributed by atoms with van der Waals surface area (Å²) in [5, 5.41) is 11.9. The van der Waals surface area contributed by atoms with Crippen LogP contribution in [0.4, 0.5) is 0 Å². The molecule has 2 N–H and O–H groups in total. The van der Waals surface area contributed by atoms with Crippen LogP contribution >= 0.6 is 11.3 Å². The van der Waals surface area contributed by atoms with Gasteiger partial charge in [0.2, 0.25) is 0 Å². The molecule has 1 aromatic heterocycles. The van der Waals surface area contributed by atoms with E-state index in [9.17, 15) is 4.79 Å². The average Bonchev–Trinajstić information content (AvgIpc) is 3.03. The molecule has 3 aromatic rings. The number of hydrogen-bond acceptors (Lipinski definition) is 3. The van der Waals surface area contributed by atoms with Crippen molar-refractivity contribution >= 4 is 33.0 Å². The number of hydrogen-bond donors (Lipinski definition) is 2. The third kappa shape index (κ3) is 3.48. The van der Waals surface area contributed by atoms with Gasteiger partial charge in [0.25, 0.3) is 5.91 Å². The standard InChI is InChI=1S/C19H18N2OS/c1-2-16(20)14-9-7-13(8-10-14)12-21-19(22)18-11-15-5-3-4-6-17(15)23-18/h3-11,20H,2,12H2,1H3,(H,21,22). The predicted octanol–water partition coefficient (Wildman–Crippen LogP) is 4.61. The topological polar surface area (TPSA) is 53.0 Å². The Labute approximate surface area is 139 Å². The van der Waals surface area contributed by atoms with Crippen molar-refractivity contribution in [3.05, 3.63) is 70.6 Å². The fraction of sp³-hybridized carbons (Fsp3) is 0.158. The normalized spacial score (nSPS) is 10.7. The van der Waals surface area contributed by atoms with Crippen molar-refractivity contribution < 1.29 is 4.79 Å². The summed E-state index contributed by atoms with van der Waals surface area (Å²) in [6.07, 6.45) is 0.724. The summed E-state index contributed by atoms with van der Waals surface area (Å²) in [7, 11) is 0. The van der Waals surface area contributed by atoms with Crippen LogP contribution in [-0.4, -0.2) is 11.6 Å². The molecule has 0 unspecified atom stereocenters. The van der Waals surface area contributed by atoms with Gasteiger partial charge in [-0.1, -0.05) is 49.4 Å². The second-order valence-corrected chi connectivity index (χ2v) is 6.44. The van der Waals surface area contributed by atoms with Gasteiger partial charge in [-0.15, -0.1) is 11.3 Å². The zero-order valence-corrected chi connectivity index (χ0v) is 13.7. The SMILES string of the molecule is CCC(=N)c1ccc(CNC(=O)c2cc3ccccc3s2)cc1. The van der Waals surface area contributed by atoms with Gasteiger partial charge in [-0.05, 0) is 35.1 Å². The van der Waals surface area contributed by atoms with E-state index in [2.05, 4.69) is 5.32 Å². The molecule has 0 fully saturated rings. The molecule has 0 saturated carbocycles. The molecule has 0 saturated heterocycles. The number of carbonyl (C=O) groups is 1. The first kappa shape index (κ1) is 15.4. The molecule has 1 heterocycles. The molecule has 3 rings (SSSR count). The van der Waals surface area contributed by atoms with Crippen LogP contribution in [0.15, 0.2) is 54.6 Å². The summed E-state index contributed by atoms with van der Waals surface area (Å²) < 4.78 is 1.13. The summed E-state index contributed by atoms with van der Waals surface area (Å²) in [6, 6.07) is 17.7. The molecule has 0 aliphatic heterocycles. The molecule has 0 radical (unpaired) electrons. The van der Waals surface area contributed by atoms with Crippen LogP contribution in [0.2, 0.25) is 0 Å². The number of benzene rings is 2. The zero-order chi connectivity index (χ0) is 16.2. The highest BCUT2D eigenvalue weighted by Gasteiger charge is 2.09. The predicted molar refractivity (Wildman–Crippen MR) is 96.6 cm³/mol. The van der Waals surface area contributed by atoms with E-state index in [1.54, 1.807) is 0 Å². The van der Waals surface area contributed by atoms with Crippen LogP contribution in [0.3, 0.4) is 0 Å². The Balaban J connectivity index is 1.65. The summed E-state index contributed by atoms with van der Waals surface area (Å²) in [4.78, 5) is 13.0. The van der Waals surface area contributed by atoms with E-state index in [4.69, 9.17) is 5.41 Å². The molecule has 0 spiro atoms. The molecule has 0 aliphatic carbocycles. The monoisotopic (exact) mass is 322 g/mol. The lowest BCUT2D eigenvalue weighted by atomic mass is 10.1. The first-order valence-corrected chi connectivity index (χ1v) is 8.42. The van der Waals surface area contributed by atoms with E-state index in [1.807, 2.05) is 61.5 Å². The smallest absolute Gasteiger partial charge is 0.261 e. The van der Waals surface area contributed by atoms with Gasteiger partial charge in [0, 0.05) is 17.0 Å². The molecular formula is C19H18N2OS. The van der Waals surface area contributed by atoms with Gasteiger partial charge in [0.05, 0.1) is 4.88 Å². The fourth-order valence-corrected chi connectivity index (χ4v) is 3.37. The van der Waals surface area contributed by atoms with Gasteiger partial charge in [0.15, 0.2) is 0 Å². The number of fused-ring (bicyclic) bond motifs is 1. The van der Waals surface area contributed by atoms with E-state index in [1.165, 1.54) is 11.3 Å². The maximum atomic E-state index is 12.3. The number of thiophene rings is 1. The Bertz CT molecular complexity index is 816. The quantitative estimate of drug-likeness (QED) is 0.662. The van der Waals surface area contributed by atoms with E-state index < -0.39 is 0 Å². The van der Waals surface area contributed by atoms with Gasteiger partial charge >= 0.3 is 0 Å². The highest BCUT2D eigenvalue weighted by molar-refractivity contribution is 7.20. The van der Waals surface area contributed by atoms with Crippen LogP contribution in [0.5, 0.6) is 0 Å². The first-order valence-electron chi connectivity index (χ1n) is 7.61. The molecule has 3 nitrogen and oxygen atoms in total. The minimum atomic E-state index is -0.0448. The van der Waals surface area contributed by atoms with Gasteiger partial charge in [-0.3, -0.25) is 4.79 Å². The minimum Gasteiger partial charge on any atom is -0.347 e. The molecule has 116 valence electrons. The minimum absolute atomic E-state index is 0.0448. The van der Waals surface area contributed by atoms with Gasteiger partial charge in [-0.25, -0.2) is 0 Å². The Hall–Kier alpha value is -2.46. The maximum Gasteiger partial charge on any atom is 0.261 e. The lowest BCUT2D eigenvalue weighted by molar-refractivity contribution is 0.0955. The van der Waals surface area contributed by atoms with E-state index in [-0.39, 0.29) is 5.91 Å². The summed E-state index contributed by atoms with van der Waals surface area (Å²) >= 11 is 1.51. The van der Waals surface area contributed by atoms with Gasteiger partial charge in [-0.2, -0.15) is 0 Å². The van der Waals surface area contributed by atoms with Crippen LogP contribution in [0.1, 0.15) is 34.1 Å². The Kier molecular flexibility index (Phi) is 4.53. The largest absolute Gasteiger partial charge is 0.347 e. The average molecular weight is 322 g/mol. The molecule has 0 aliphatic rings. The van der Waals surface area contributed by atoms with Crippen molar-refractivity contribution in [2.45, 2.75) is 19.9 Å². The van der Waals surface area contributed by atoms with Gasteiger partial charge < -0.3 is 10.7 Å². The number of rotatable bonds is 5. The van der Waals surface area contributed by atoms with Crippen molar-refractivity contribution in [2.75, 3.05) is 0 Å². The summed E-state index contributed by atoms with van der Waals surface area (Å²) in [5.41, 5.74) is 2.60. The van der Waals surface area contributed by atoms with Crippen LogP contribution in [0.25, 0.3) is 10.1 Å². The molecule has 23 heavy (non-hydrogen) atoms. The zero-order valence-electron chi connectivity index (χ0n) is 12.9. The van der Waals surface area contributed by atoms with Crippen molar-refractivity contribution in [3.8, 4) is 0 Å². The Morgan fingerprint density at radius 1 is 1.13 bits per heavy atom. The highest BCUT2D eigenvalue weighted by atomic mass is 32.1. The number of amides is 1. The Morgan fingerprint density at radius 3 is 2.57 bits per heavy atom. The molecule has 0 bridgehead atoms. The fourth-order valence-electron chi connectivity index (χ4n) is 2.39. The molecule has 4 heteroatoms. The molecule has 1 amide bonds. The van der Waals surface area contributed by atoms with E-state index in [0.29, 0.717) is 12.3 Å². The highest BCUT2D eigenvalue weighted by Crippen LogP contribution is 2.25. The van der Waals surface area contributed by atoms with Crippen molar-refractivity contribution in [3.63, 3.8) is 0 Å². The second kappa shape index (κ2) is 6.75. The third-order valence-corrected chi connectivity index (χ3v) is 4.87.